The highest BCUT2D eigenvalue weighted by Gasteiger charge is 2.22. The molecule has 0 saturated carbocycles. The molecule has 1 atom stereocenters. The molecule has 0 heterocycles. The van der Waals surface area contributed by atoms with Crippen molar-refractivity contribution in [1.82, 2.24) is 5.32 Å². The van der Waals surface area contributed by atoms with E-state index in [1.807, 2.05) is 58.9 Å². The molecule has 0 aliphatic rings. The zero-order valence-electron chi connectivity index (χ0n) is 22.1. The number of nitrogens with one attached hydrogen (secondary N) is 1. The van der Waals surface area contributed by atoms with E-state index >= 15 is 0 Å². The van der Waals surface area contributed by atoms with Gasteiger partial charge in [0.15, 0.2) is 0 Å². The van der Waals surface area contributed by atoms with E-state index in [1.165, 1.54) is 35.2 Å². The molecule has 0 bridgehead atoms. The normalized spacial score (nSPS) is 9.06. The summed E-state index contributed by atoms with van der Waals surface area (Å²) in [4.78, 5) is 42.2. The van der Waals surface area contributed by atoms with Crippen molar-refractivity contribution in [2.75, 3.05) is 27.9 Å². The van der Waals surface area contributed by atoms with Gasteiger partial charge in [0.25, 0.3) is 0 Å². The van der Waals surface area contributed by atoms with Crippen LogP contribution in [0.5, 0.6) is 0 Å². The number of benzene rings is 1. The van der Waals surface area contributed by atoms with E-state index in [2.05, 4.69) is 19.5 Å². The van der Waals surface area contributed by atoms with E-state index in [0.29, 0.717) is 6.42 Å². The Labute approximate surface area is 199 Å². The minimum Gasteiger partial charge on any atom is -0.469 e. The van der Waals surface area contributed by atoms with Crippen molar-refractivity contribution in [2.24, 2.45) is 0 Å². The average Bonchev–Trinajstić information content (AvgIpc) is 2.83. The van der Waals surface area contributed by atoms with Gasteiger partial charge in [0.05, 0.1) is 27.9 Å². The van der Waals surface area contributed by atoms with E-state index in [-0.39, 0.29) is 18.5 Å². The number of rotatable bonds is 5. The number of amides is 1. The summed E-state index contributed by atoms with van der Waals surface area (Å²) in [5.41, 5.74) is 2.08. The molecule has 0 aromatic heterocycles. The van der Waals surface area contributed by atoms with Gasteiger partial charge in [-0.25, -0.2) is 9.59 Å². The molecular weight excluding hydrogens is 430 g/mol. The Morgan fingerprint density at radius 3 is 1.52 bits per heavy atom. The minimum atomic E-state index is -0.744. The van der Waals surface area contributed by atoms with Crippen molar-refractivity contribution in [3.8, 4) is 0 Å². The summed E-state index contributed by atoms with van der Waals surface area (Å²) in [6.45, 7) is 14.7. The van der Waals surface area contributed by atoms with E-state index in [0.717, 1.165) is 11.1 Å². The third kappa shape index (κ3) is 26.9. The van der Waals surface area contributed by atoms with Crippen LogP contribution in [0.15, 0.2) is 24.3 Å². The summed E-state index contributed by atoms with van der Waals surface area (Å²) in [6.07, 6.45) is -0.254. The van der Waals surface area contributed by atoms with Gasteiger partial charge in [0.1, 0.15) is 6.04 Å². The van der Waals surface area contributed by atoms with Gasteiger partial charge in [-0.1, -0.05) is 57.5 Å². The van der Waals surface area contributed by atoms with Crippen LogP contribution in [0.25, 0.3) is 0 Å². The molecule has 1 aromatic rings. The zero-order valence-corrected chi connectivity index (χ0v) is 22.1. The summed E-state index contributed by atoms with van der Waals surface area (Å²) in [5.74, 6) is -0.983. The fraction of sp³-hybridized carbons (Fsp3) is 0.583. The van der Waals surface area contributed by atoms with Crippen molar-refractivity contribution in [3.05, 3.63) is 35.4 Å². The first kappa shape index (κ1) is 37.2. The second-order valence-electron chi connectivity index (χ2n) is 5.52. The maximum absolute atomic E-state index is 11.6. The first-order valence-electron chi connectivity index (χ1n) is 10.8. The molecule has 1 N–H and O–H groups in total. The monoisotopic (exact) mass is 473 g/mol. The second-order valence-corrected chi connectivity index (χ2v) is 5.52. The number of carbonyl (C=O) groups is 4. The fourth-order valence-electron chi connectivity index (χ4n) is 1.61. The van der Waals surface area contributed by atoms with Gasteiger partial charge in [-0.3, -0.25) is 9.59 Å². The van der Waals surface area contributed by atoms with Crippen LogP contribution in [0.2, 0.25) is 0 Å². The molecule has 9 heteroatoms. The van der Waals surface area contributed by atoms with E-state index in [9.17, 15) is 19.2 Å². The fourth-order valence-corrected chi connectivity index (χ4v) is 1.61. The maximum atomic E-state index is 11.6. The van der Waals surface area contributed by atoms with Crippen LogP contribution >= 0.6 is 0 Å². The van der Waals surface area contributed by atoms with Gasteiger partial charge < -0.3 is 24.3 Å². The summed E-state index contributed by atoms with van der Waals surface area (Å²) in [7, 11) is 3.99. The third-order valence-electron chi connectivity index (χ3n) is 3.19. The Morgan fingerprint density at radius 2 is 1.21 bits per heavy atom. The van der Waals surface area contributed by atoms with Crippen LogP contribution < -0.4 is 5.32 Å². The SMILES string of the molecule is CC.CC.CCOC(=O)NC(Cc1ccc(C)cc1)C(=O)OC.COC(C)=O.COC(C)=O. The van der Waals surface area contributed by atoms with Crippen molar-refractivity contribution in [1.29, 1.82) is 0 Å². The second kappa shape index (κ2) is 26.9. The maximum Gasteiger partial charge on any atom is 0.407 e. The zero-order chi connectivity index (χ0) is 26.8. The van der Waals surface area contributed by atoms with Gasteiger partial charge in [0, 0.05) is 20.3 Å². The largest absolute Gasteiger partial charge is 0.469 e. The number of alkyl carbamates (subject to hydrolysis) is 1. The average molecular weight is 474 g/mol. The Balaban J connectivity index is -0.000000248. The van der Waals surface area contributed by atoms with Gasteiger partial charge >= 0.3 is 24.0 Å². The minimum absolute atomic E-state index is 0.245. The summed E-state index contributed by atoms with van der Waals surface area (Å²) >= 11 is 0. The number of methoxy groups -OCH3 is 3. The third-order valence-corrected chi connectivity index (χ3v) is 3.19. The van der Waals surface area contributed by atoms with Crippen LogP contribution in [0.1, 0.15) is 59.6 Å². The molecule has 0 aliphatic heterocycles. The van der Waals surface area contributed by atoms with Crippen LogP contribution in [0.4, 0.5) is 4.79 Å². The first-order chi connectivity index (χ1) is 15.6. The summed E-state index contributed by atoms with van der Waals surface area (Å²) in [5, 5.41) is 2.50. The molecule has 0 radical (unpaired) electrons. The molecule has 0 saturated heterocycles. The predicted molar refractivity (Wildman–Crippen MR) is 129 cm³/mol. The van der Waals surface area contributed by atoms with Crippen molar-refractivity contribution >= 4 is 24.0 Å². The molecular formula is C24H43NO8. The van der Waals surface area contributed by atoms with Gasteiger partial charge in [-0.2, -0.15) is 0 Å². The summed E-state index contributed by atoms with van der Waals surface area (Å²) in [6, 6.07) is 6.99. The van der Waals surface area contributed by atoms with Crippen LogP contribution in [-0.2, 0) is 39.8 Å². The lowest BCUT2D eigenvalue weighted by molar-refractivity contribution is -0.143. The lowest BCUT2D eigenvalue weighted by Crippen LogP contribution is -2.43. The van der Waals surface area contributed by atoms with Gasteiger partial charge in [-0.05, 0) is 19.4 Å². The number of esters is 3. The van der Waals surface area contributed by atoms with Crippen molar-refractivity contribution in [3.63, 3.8) is 0 Å². The summed E-state index contributed by atoms with van der Waals surface area (Å²) < 4.78 is 17.7. The highest BCUT2D eigenvalue weighted by molar-refractivity contribution is 5.81. The topological polar surface area (TPSA) is 117 Å². The van der Waals surface area contributed by atoms with Crippen molar-refractivity contribution < 1.29 is 38.1 Å². The van der Waals surface area contributed by atoms with E-state index in [4.69, 9.17) is 4.74 Å². The van der Waals surface area contributed by atoms with E-state index < -0.39 is 18.1 Å². The number of ether oxygens (including phenoxy) is 4. The molecule has 0 aliphatic carbocycles. The highest BCUT2D eigenvalue weighted by atomic mass is 16.6. The molecule has 1 rings (SSSR count). The quantitative estimate of drug-likeness (QED) is 0.498. The Morgan fingerprint density at radius 1 is 0.818 bits per heavy atom. The van der Waals surface area contributed by atoms with Gasteiger partial charge in [0.2, 0.25) is 0 Å². The van der Waals surface area contributed by atoms with Gasteiger partial charge in [-0.15, -0.1) is 0 Å². The molecule has 0 fully saturated rings. The van der Waals surface area contributed by atoms with Crippen LogP contribution in [0.3, 0.4) is 0 Å². The number of aryl methyl sites for hydroxylation is 1. The smallest absolute Gasteiger partial charge is 0.407 e. The molecule has 1 aromatic carbocycles. The number of carbonyl (C=O) groups excluding carboxylic acids is 4. The number of hydrogen-bond donors (Lipinski definition) is 1. The van der Waals surface area contributed by atoms with Crippen LogP contribution in [-0.4, -0.2) is 58.0 Å². The van der Waals surface area contributed by atoms with Crippen LogP contribution in [0, 0.1) is 6.92 Å². The first-order valence-corrected chi connectivity index (χ1v) is 10.8. The van der Waals surface area contributed by atoms with Crippen molar-refractivity contribution in [2.45, 2.75) is 67.9 Å². The lowest BCUT2D eigenvalue weighted by Gasteiger charge is -2.16. The number of hydrogen-bond acceptors (Lipinski definition) is 8. The molecule has 1 amide bonds. The Kier molecular flexibility index (Phi) is 30.4. The molecule has 9 nitrogen and oxygen atoms in total. The lowest BCUT2D eigenvalue weighted by atomic mass is 10.0. The molecule has 1 unspecified atom stereocenters. The molecule has 33 heavy (non-hydrogen) atoms. The molecule has 192 valence electrons. The highest BCUT2D eigenvalue weighted by Crippen LogP contribution is 2.07. The standard InChI is InChI=1S/C14H19NO4.2C3H6O2.2C2H6/c1-4-19-14(17)15-12(13(16)18-3)9-11-7-5-10(2)6-8-11;2*1-3(4)5-2;2*1-2/h5-8,12H,4,9H2,1-3H3,(H,15,17);2*1-2H3;2*1-2H3. The predicted octanol–water partition coefficient (Wildman–Crippen LogP) is 4.24. The van der Waals surface area contributed by atoms with E-state index in [1.54, 1.807) is 6.92 Å². The molecule has 0 spiro atoms. The Hall–Kier alpha value is -3.10. The Bertz CT molecular complexity index is 616.